The van der Waals surface area contributed by atoms with E-state index in [1.807, 2.05) is 6.20 Å². The zero-order valence-corrected chi connectivity index (χ0v) is 12.6. The molecule has 1 aromatic rings. The van der Waals surface area contributed by atoms with Gasteiger partial charge >= 0.3 is 0 Å². The number of nitrogens with one attached hydrogen (secondary N) is 1. The summed E-state index contributed by atoms with van der Waals surface area (Å²) >= 11 is 0. The highest BCUT2D eigenvalue weighted by molar-refractivity contribution is 5.93. The van der Waals surface area contributed by atoms with Gasteiger partial charge < -0.3 is 20.5 Å². The SMILES string of the molecule is C[C@H](N)C(=O)Nc1cn(C(C)(C)CN2CCCC2)cn1. The minimum Gasteiger partial charge on any atom is -0.328 e. The molecule has 6 nitrogen and oxygen atoms in total. The Labute approximate surface area is 120 Å². The first-order chi connectivity index (χ1) is 9.38. The molecule has 1 aromatic heterocycles. The fraction of sp³-hybridized carbons (Fsp3) is 0.714. The highest BCUT2D eigenvalue weighted by atomic mass is 16.2. The molecular weight excluding hydrogens is 254 g/mol. The van der Waals surface area contributed by atoms with Crippen LogP contribution in [-0.4, -0.2) is 46.0 Å². The van der Waals surface area contributed by atoms with Crippen molar-refractivity contribution in [2.45, 2.75) is 45.2 Å². The van der Waals surface area contributed by atoms with Crippen molar-refractivity contribution in [1.82, 2.24) is 14.5 Å². The molecular formula is C14H25N5O. The smallest absolute Gasteiger partial charge is 0.242 e. The second-order valence-electron chi connectivity index (χ2n) is 6.24. The quantitative estimate of drug-likeness (QED) is 0.843. The predicted molar refractivity (Wildman–Crippen MR) is 79.5 cm³/mol. The van der Waals surface area contributed by atoms with Crippen molar-refractivity contribution in [3.8, 4) is 0 Å². The Morgan fingerprint density at radius 3 is 2.75 bits per heavy atom. The second-order valence-corrected chi connectivity index (χ2v) is 6.24. The maximum absolute atomic E-state index is 11.6. The van der Waals surface area contributed by atoms with Crippen molar-refractivity contribution in [1.29, 1.82) is 0 Å². The molecule has 112 valence electrons. The largest absolute Gasteiger partial charge is 0.328 e. The van der Waals surface area contributed by atoms with Gasteiger partial charge in [0.05, 0.1) is 17.9 Å². The number of nitrogens with zero attached hydrogens (tertiary/aromatic N) is 3. The minimum atomic E-state index is -0.530. The third kappa shape index (κ3) is 3.58. The van der Waals surface area contributed by atoms with Gasteiger partial charge in [-0.1, -0.05) is 0 Å². The summed E-state index contributed by atoms with van der Waals surface area (Å²) in [5, 5.41) is 2.72. The molecule has 2 rings (SSSR count). The van der Waals surface area contributed by atoms with Crippen LogP contribution in [0.2, 0.25) is 0 Å². The Morgan fingerprint density at radius 1 is 1.50 bits per heavy atom. The van der Waals surface area contributed by atoms with Crippen LogP contribution < -0.4 is 11.1 Å². The van der Waals surface area contributed by atoms with E-state index < -0.39 is 6.04 Å². The van der Waals surface area contributed by atoms with E-state index in [1.54, 1.807) is 13.3 Å². The molecule has 0 spiro atoms. The number of nitrogens with two attached hydrogens (primary N) is 1. The fourth-order valence-electron chi connectivity index (χ4n) is 2.53. The third-order valence-electron chi connectivity index (χ3n) is 3.76. The molecule has 1 saturated heterocycles. The van der Waals surface area contributed by atoms with Crippen molar-refractivity contribution in [2.24, 2.45) is 5.73 Å². The van der Waals surface area contributed by atoms with Crippen molar-refractivity contribution < 1.29 is 4.79 Å². The molecule has 0 bridgehead atoms. The van der Waals surface area contributed by atoms with Crippen LogP contribution in [0.15, 0.2) is 12.5 Å². The summed E-state index contributed by atoms with van der Waals surface area (Å²) in [5.74, 6) is 0.342. The van der Waals surface area contributed by atoms with E-state index in [9.17, 15) is 4.79 Å². The van der Waals surface area contributed by atoms with E-state index in [2.05, 4.69) is 33.6 Å². The Bertz CT molecular complexity index is 460. The van der Waals surface area contributed by atoms with Crippen LogP contribution in [0, 0.1) is 0 Å². The van der Waals surface area contributed by atoms with Gasteiger partial charge in [0.25, 0.3) is 0 Å². The Hall–Kier alpha value is -1.40. The number of carbonyl (C=O) groups excluding carboxylic acids is 1. The molecule has 1 amide bonds. The van der Waals surface area contributed by atoms with Gasteiger partial charge in [-0.05, 0) is 46.7 Å². The van der Waals surface area contributed by atoms with Crippen LogP contribution in [0.5, 0.6) is 0 Å². The number of imidazole rings is 1. The summed E-state index contributed by atoms with van der Waals surface area (Å²) in [7, 11) is 0. The second kappa shape index (κ2) is 5.93. The molecule has 0 unspecified atom stereocenters. The normalized spacial score (nSPS) is 18.2. The fourth-order valence-corrected chi connectivity index (χ4v) is 2.53. The molecule has 3 N–H and O–H groups in total. The highest BCUT2D eigenvalue weighted by Gasteiger charge is 2.25. The maximum atomic E-state index is 11.6. The first-order valence-corrected chi connectivity index (χ1v) is 7.22. The van der Waals surface area contributed by atoms with Gasteiger partial charge in [-0.3, -0.25) is 4.79 Å². The minimum absolute atomic E-state index is 0.0470. The van der Waals surface area contributed by atoms with Crippen LogP contribution in [0.1, 0.15) is 33.6 Å². The first-order valence-electron chi connectivity index (χ1n) is 7.22. The van der Waals surface area contributed by atoms with E-state index in [-0.39, 0.29) is 11.4 Å². The number of rotatable bonds is 5. The summed E-state index contributed by atoms with van der Waals surface area (Å²) in [6.07, 6.45) is 6.22. The van der Waals surface area contributed by atoms with Crippen LogP contribution in [0.4, 0.5) is 5.82 Å². The lowest BCUT2D eigenvalue weighted by atomic mass is 10.1. The topological polar surface area (TPSA) is 76.2 Å². The van der Waals surface area contributed by atoms with Crippen LogP contribution in [-0.2, 0) is 10.3 Å². The molecule has 0 aliphatic carbocycles. The highest BCUT2D eigenvalue weighted by Crippen LogP contribution is 2.21. The summed E-state index contributed by atoms with van der Waals surface area (Å²) in [4.78, 5) is 18.3. The van der Waals surface area contributed by atoms with E-state index in [1.165, 1.54) is 25.9 Å². The summed E-state index contributed by atoms with van der Waals surface area (Å²) in [6, 6.07) is -0.530. The average molecular weight is 279 g/mol. The number of carbonyl (C=O) groups is 1. The zero-order chi connectivity index (χ0) is 14.8. The van der Waals surface area contributed by atoms with E-state index >= 15 is 0 Å². The van der Waals surface area contributed by atoms with Gasteiger partial charge in [0.15, 0.2) is 5.82 Å². The number of hydrogen-bond acceptors (Lipinski definition) is 4. The van der Waals surface area contributed by atoms with Crippen molar-refractivity contribution >= 4 is 11.7 Å². The molecule has 2 heterocycles. The van der Waals surface area contributed by atoms with Gasteiger partial charge in [-0.25, -0.2) is 4.98 Å². The molecule has 1 aliphatic rings. The maximum Gasteiger partial charge on any atom is 0.242 e. The van der Waals surface area contributed by atoms with E-state index in [0.29, 0.717) is 5.82 Å². The lowest BCUT2D eigenvalue weighted by molar-refractivity contribution is -0.117. The van der Waals surface area contributed by atoms with Gasteiger partial charge in [-0.2, -0.15) is 0 Å². The predicted octanol–water partition coefficient (Wildman–Crippen LogP) is 1.000. The monoisotopic (exact) mass is 279 g/mol. The van der Waals surface area contributed by atoms with Gasteiger partial charge in [-0.15, -0.1) is 0 Å². The van der Waals surface area contributed by atoms with Gasteiger partial charge in [0.2, 0.25) is 5.91 Å². The Balaban J connectivity index is 2.01. The molecule has 0 aromatic carbocycles. The van der Waals surface area contributed by atoms with Crippen LogP contribution in [0.3, 0.4) is 0 Å². The molecule has 6 heteroatoms. The van der Waals surface area contributed by atoms with Crippen LogP contribution >= 0.6 is 0 Å². The number of hydrogen-bond donors (Lipinski definition) is 2. The molecule has 0 radical (unpaired) electrons. The number of aromatic nitrogens is 2. The summed E-state index contributed by atoms with van der Waals surface area (Å²) in [6.45, 7) is 9.36. The lowest BCUT2D eigenvalue weighted by Crippen LogP contribution is -2.39. The van der Waals surface area contributed by atoms with Gasteiger partial charge in [0.1, 0.15) is 0 Å². The standard InChI is InChI=1S/C14H25N5O/c1-11(15)13(20)17-12-8-19(10-16-12)14(2,3)9-18-6-4-5-7-18/h8,10-11H,4-7,9,15H2,1-3H3,(H,17,20)/t11-/m0/s1. The summed E-state index contributed by atoms with van der Waals surface area (Å²) in [5.41, 5.74) is 5.48. The molecule has 1 atom stereocenters. The van der Waals surface area contributed by atoms with E-state index in [0.717, 1.165) is 6.54 Å². The van der Waals surface area contributed by atoms with Crippen molar-refractivity contribution in [2.75, 3.05) is 25.0 Å². The summed E-state index contributed by atoms with van der Waals surface area (Å²) < 4.78 is 2.06. The van der Waals surface area contributed by atoms with Crippen molar-refractivity contribution in [3.05, 3.63) is 12.5 Å². The van der Waals surface area contributed by atoms with Crippen LogP contribution in [0.25, 0.3) is 0 Å². The average Bonchev–Trinajstić information content (AvgIpc) is 2.99. The number of amides is 1. The Morgan fingerprint density at radius 2 is 2.15 bits per heavy atom. The van der Waals surface area contributed by atoms with Crippen molar-refractivity contribution in [3.63, 3.8) is 0 Å². The third-order valence-corrected chi connectivity index (χ3v) is 3.76. The van der Waals surface area contributed by atoms with Gasteiger partial charge in [0, 0.05) is 12.7 Å². The lowest BCUT2D eigenvalue weighted by Gasteiger charge is -2.31. The Kier molecular flexibility index (Phi) is 4.45. The zero-order valence-electron chi connectivity index (χ0n) is 12.6. The molecule has 1 aliphatic heterocycles. The first kappa shape index (κ1) is 15.0. The number of likely N-dealkylation sites (tertiary alicyclic amines) is 1. The molecule has 20 heavy (non-hydrogen) atoms. The molecule has 0 saturated carbocycles. The van der Waals surface area contributed by atoms with E-state index in [4.69, 9.17) is 5.73 Å². The molecule has 1 fully saturated rings. The number of anilines is 1.